The zero-order valence-corrected chi connectivity index (χ0v) is 11.7. The summed E-state index contributed by atoms with van der Waals surface area (Å²) >= 11 is 0. The summed E-state index contributed by atoms with van der Waals surface area (Å²) in [4.78, 5) is 15.4. The van der Waals surface area contributed by atoms with Crippen LogP contribution in [0, 0.1) is 11.3 Å². The lowest BCUT2D eigenvalue weighted by molar-refractivity contribution is 0.380. The smallest absolute Gasteiger partial charge is 0.316 e. The number of methoxy groups -OCH3 is 1. The van der Waals surface area contributed by atoms with Crippen LogP contribution in [0.15, 0.2) is 36.8 Å². The molecule has 3 N–H and O–H groups in total. The lowest BCUT2D eigenvalue weighted by Gasteiger charge is -2.09. The van der Waals surface area contributed by atoms with Gasteiger partial charge in [0.05, 0.1) is 18.5 Å². The van der Waals surface area contributed by atoms with Crippen LogP contribution in [0.5, 0.6) is 6.01 Å². The van der Waals surface area contributed by atoms with Crippen molar-refractivity contribution in [1.29, 1.82) is 5.26 Å². The fourth-order valence-electron chi connectivity index (χ4n) is 2.10. The van der Waals surface area contributed by atoms with Gasteiger partial charge in [-0.1, -0.05) is 0 Å². The molecule has 0 aliphatic rings. The predicted octanol–water partition coefficient (Wildman–Crippen LogP) is 2.00. The van der Waals surface area contributed by atoms with E-state index in [9.17, 15) is 5.26 Å². The van der Waals surface area contributed by atoms with Crippen molar-refractivity contribution in [2.45, 2.75) is 0 Å². The highest BCUT2D eigenvalue weighted by Crippen LogP contribution is 2.30. The first-order chi connectivity index (χ1) is 10.7. The van der Waals surface area contributed by atoms with Gasteiger partial charge in [0.2, 0.25) is 0 Å². The number of anilines is 1. The number of aromatic nitrogens is 4. The number of aromatic amines is 1. The number of ether oxygens (including phenoxy) is 1. The molecule has 3 rings (SSSR count). The molecular formula is C15H12N6O. The lowest BCUT2D eigenvalue weighted by Crippen LogP contribution is -2.00. The highest BCUT2D eigenvalue weighted by Gasteiger charge is 2.14. The summed E-state index contributed by atoms with van der Waals surface area (Å²) < 4.78 is 4.94. The minimum absolute atomic E-state index is 0.167. The first-order valence-corrected chi connectivity index (χ1v) is 6.43. The quantitative estimate of drug-likeness (QED) is 0.763. The first kappa shape index (κ1) is 13.6. The third-order valence-electron chi connectivity index (χ3n) is 3.15. The molecule has 0 aliphatic carbocycles. The minimum Gasteiger partial charge on any atom is -0.467 e. The Morgan fingerprint density at radius 1 is 1.32 bits per heavy atom. The number of hydrogen-bond donors (Lipinski definition) is 2. The summed E-state index contributed by atoms with van der Waals surface area (Å²) in [5.74, 6) is 0.167. The standard InChI is InChI=1S/C15H12N6O/c1-22-15-19-7-9(8-20-15)10-5-13(12-3-2-4-18-12)21-14(17)11(10)6-16/h2-5,7-8,18H,1H3,(H2,17,21). The zero-order valence-electron chi connectivity index (χ0n) is 11.7. The maximum Gasteiger partial charge on any atom is 0.316 e. The van der Waals surface area contributed by atoms with E-state index in [2.05, 4.69) is 26.0 Å². The van der Waals surface area contributed by atoms with Gasteiger partial charge in [0, 0.05) is 29.7 Å². The van der Waals surface area contributed by atoms with Gasteiger partial charge in [-0.25, -0.2) is 15.0 Å². The van der Waals surface area contributed by atoms with Gasteiger partial charge in [-0.2, -0.15) is 5.26 Å². The van der Waals surface area contributed by atoms with Gasteiger partial charge in [-0.05, 0) is 18.2 Å². The Labute approximate surface area is 126 Å². The van der Waals surface area contributed by atoms with Crippen LogP contribution in [0.4, 0.5) is 5.82 Å². The van der Waals surface area contributed by atoms with Crippen LogP contribution in [0.25, 0.3) is 22.5 Å². The van der Waals surface area contributed by atoms with Crippen molar-refractivity contribution in [1.82, 2.24) is 19.9 Å². The normalized spacial score (nSPS) is 10.2. The molecule has 0 unspecified atom stereocenters. The number of H-pyrrole nitrogens is 1. The predicted molar refractivity (Wildman–Crippen MR) is 80.7 cm³/mol. The highest BCUT2D eigenvalue weighted by molar-refractivity contribution is 5.78. The van der Waals surface area contributed by atoms with Gasteiger partial charge in [0.1, 0.15) is 17.5 Å². The number of nitrogens with one attached hydrogen (secondary N) is 1. The van der Waals surface area contributed by atoms with Crippen molar-refractivity contribution in [3.05, 3.63) is 42.4 Å². The summed E-state index contributed by atoms with van der Waals surface area (Å²) in [6.07, 6.45) is 4.96. The summed E-state index contributed by atoms with van der Waals surface area (Å²) in [6.45, 7) is 0. The monoisotopic (exact) mass is 292 g/mol. The molecule has 0 aliphatic heterocycles. The fourth-order valence-corrected chi connectivity index (χ4v) is 2.10. The number of nitrogens with two attached hydrogens (primary N) is 1. The van der Waals surface area contributed by atoms with E-state index in [1.807, 2.05) is 12.1 Å². The number of rotatable bonds is 3. The van der Waals surface area contributed by atoms with Gasteiger partial charge >= 0.3 is 6.01 Å². The Morgan fingerprint density at radius 2 is 2.09 bits per heavy atom. The average Bonchev–Trinajstić information content (AvgIpc) is 3.08. The summed E-state index contributed by atoms with van der Waals surface area (Å²) in [5.41, 5.74) is 8.97. The second-order valence-corrected chi connectivity index (χ2v) is 4.47. The van der Waals surface area contributed by atoms with E-state index in [1.54, 1.807) is 24.7 Å². The van der Waals surface area contributed by atoms with Crippen LogP contribution in [0.1, 0.15) is 5.56 Å². The molecule has 0 spiro atoms. The molecule has 0 saturated carbocycles. The number of pyridine rings is 1. The van der Waals surface area contributed by atoms with Crippen molar-refractivity contribution in [3.63, 3.8) is 0 Å². The molecule has 108 valence electrons. The molecule has 3 heterocycles. The van der Waals surface area contributed by atoms with Gasteiger partial charge < -0.3 is 15.5 Å². The van der Waals surface area contributed by atoms with E-state index in [4.69, 9.17) is 10.5 Å². The topological polar surface area (TPSA) is 113 Å². The molecule has 7 heteroatoms. The molecule has 0 aromatic carbocycles. The molecular weight excluding hydrogens is 280 g/mol. The van der Waals surface area contributed by atoms with Crippen molar-refractivity contribution >= 4 is 5.82 Å². The van der Waals surface area contributed by atoms with Gasteiger partial charge in [0.15, 0.2) is 0 Å². The van der Waals surface area contributed by atoms with E-state index in [0.29, 0.717) is 22.4 Å². The van der Waals surface area contributed by atoms with E-state index < -0.39 is 0 Å². The minimum atomic E-state index is 0.167. The number of hydrogen-bond acceptors (Lipinski definition) is 6. The van der Waals surface area contributed by atoms with Gasteiger partial charge in [0.25, 0.3) is 0 Å². The summed E-state index contributed by atoms with van der Waals surface area (Å²) in [5, 5.41) is 9.34. The largest absolute Gasteiger partial charge is 0.467 e. The van der Waals surface area contributed by atoms with Crippen LogP contribution in [0.2, 0.25) is 0 Å². The molecule has 22 heavy (non-hydrogen) atoms. The van der Waals surface area contributed by atoms with Crippen molar-refractivity contribution in [3.8, 4) is 34.6 Å². The molecule has 0 bridgehead atoms. The average molecular weight is 292 g/mol. The third-order valence-corrected chi connectivity index (χ3v) is 3.15. The Balaban J connectivity index is 2.18. The van der Waals surface area contributed by atoms with E-state index in [0.717, 1.165) is 5.69 Å². The van der Waals surface area contributed by atoms with Crippen molar-refractivity contribution in [2.24, 2.45) is 0 Å². The number of nitriles is 1. The molecule has 0 atom stereocenters. The van der Waals surface area contributed by atoms with Crippen LogP contribution in [-0.2, 0) is 0 Å². The van der Waals surface area contributed by atoms with Crippen molar-refractivity contribution < 1.29 is 4.74 Å². The first-order valence-electron chi connectivity index (χ1n) is 6.43. The second kappa shape index (κ2) is 5.54. The second-order valence-electron chi connectivity index (χ2n) is 4.47. The molecule has 0 radical (unpaired) electrons. The van der Waals surface area contributed by atoms with Crippen molar-refractivity contribution in [2.75, 3.05) is 12.8 Å². The highest BCUT2D eigenvalue weighted by atomic mass is 16.5. The van der Waals surface area contributed by atoms with Gasteiger partial charge in [-0.15, -0.1) is 0 Å². The maximum atomic E-state index is 9.34. The van der Waals surface area contributed by atoms with E-state index in [1.165, 1.54) is 7.11 Å². The summed E-state index contributed by atoms with van der Waals surface area (Å²) in [6, 6.07) is 7.86. The number of nitrogen functional groups attached to an aromatic ring is 1. The van der Waals surface area contributed by atoms with E-state index in [-0.39, 0.29) is 11.8 Å². The lowest BCUT2D eigenvalue weighted by atomic mass is 10.0. The fraction of sp³-hybridized carbons (Fsp3) is 0.0667. The SMILES string of the molecule is COc1ncc(-c2cc(-c3ccc[nH]3)nc(N)c2C#N)cn1. The Kier molecular flexibility index (Phi) is 3.42. The van der Waals surface area contributed by atoms with Crippen LogP contribution < -0.4 is 10.5 Å². The van der Waals surface area contributed by atoms with Gasteiger partial charge in [-0.3, -0.25) is 0 Å². The van der Waals surface area contributed by atoms with Crippen LogP contribution in [0.3, 0.4) is 0 Å². The van der Waals surface area contributed by atoms with Crippen LogP contribution >= 0.6 is 0 Å². The van der Waals surface area contributed by atoms with Crippen LogP contribution in [-0.4, -0.2) is 27.0 Å². The molecule has 0 amide bonds. The Morgan fingerprint density at radius 3 is 2.68 bits per heavy atom. The summed E-state index contributed by atoms with van der Waals surface area (Å²) in [7, 11) is 1.49. The maximum absolute atomic E-state index is 9.34. The molecule has 7 nitrogen and oxygen atoms in total. The third kappa shape index (κ3) is 2.33. The van der Waals surface area contributed by atoms with E-state index >= 15 is 0 Å². The molecule has 3 aromatic rings. The number of nitrogens with zero attached hydrogens (tertiary/aromatic N) is 4. The molecule has 0 saturated heterocycles. The molecule has 0 fully saturated rings. The zero-order chi connectivity index (χ0) is 15.5. The molecule has 3 aromatic heterocycles. The Hall–Kier alpha value is -3.40. The Bertz CT molecular complexity index is 834.